The zero-order valence-electron chi connectivity index (χ0n) is 7.19. The van der Waals surface area contributed by atoms with E-state index >= 15 is 0 Å². The number of hydrogen-bond acceptors (Lipinski definition) is 1. The van der Waals surface area contributed by atoms with Crippen molar-refractivity contribution < 1.29 is 0 Å². The third kappa shape index (κ3) is 10.5. The molecular weight excluding hydrogens is 122 g/mol. The summed E-state index contributed by atoms with van der Waals surface area (Å²) in [4.78, 5) is 0. The molecule has 1 saturated heterocycles. The largest absolute Gasteiger partial charge is 0.317 e. The normalized spacial score (nSPS) is 15.2. The zero-order valence-corrected chi connectivity index (χ0v) is 7.19. The van der Waals surface area contributed by atoms with E-state index in [1.54, 1.807) is 0 Å². The highest BCUT2D eigenvalue weighted by Crippen LogP contribution is 1.96. The Bertz CT molecular complexity index is 41.5. The monoisotopic (exact) mass is 141 g/mol. The predicted octanol–water partition coefficient (Wildman–Crippen LogP) is 2.04. The van der Waals surface area contributed by atoms with Crippen LogP contribution < -0.4 is 5.32 Å². The van der Waals surface area contributed by atoms with Crippen LogP contribution in [0.4, 0.5) is 0 Å². The SMILES string of the molecule is C#C.C1CCNCC1.CC. The lowest BCUT2D eigenvalue weighted by molar-refractivity contribution is 0.520. The number of rotatable bonds is 0. The van der Waals surface area contributed by atoms with Gasteiger partial charge in [-0.1, -0.05) is 20.3 Å². The van der Waals surface area contributed by atoms with Gasteiger partial charge in [0.05, 0.1) is 0 Å². The van der Waals surface area contributed by atoms with E-state index < -0.39 is 0 Å². The second-order valence-electron chi connectivity index (χ2n) is 1.81. The molecule has 1 aliphatic rings. The maximum absolute atomic E-state index is 4.00. The highest BCUT2D eigenvalue weighted by molar-refractivity contribution is 4.55. The summed E-state index contributed by atoms with van der Waals surface area (Å²) in [6, 6.07) is 0. The topological polar surface area (TPSA) is 12.0 Å². The number of nitrogens with one attached hydrogen (secondary N) is 1. The number of hydrogen-bond donors (Lipinski definition) is 1. The minimum Gasteiger partial charge on any atom is -0.317 e. The van der Waals surface area contributed by atoms with Crippen molar-refractivity contribution >= 4 is 0 Å². The fourth-order valence-corrected chi connectivity index (χ4v) is 0.802. The molecule has 0 aromatic rings. The predicted molar refractivity (Wildman–Crippen MR) is 48.0 cm³/mol. The first-order valence-electron chi connectivity index (χ1n) is 4.04. The Morgan fingerprint density at radius 2 is 1.30 bits per heavy atom. The third-order valence-electron chi connectivity index (χ3n) is 1.21. The van der Waals surface area contributed by atoms with Gasteiger partial charge in [-0.3, -0.25) is 0 Å². The molecule has 0 aromatic heterocycles. The van der Waals surface area contributed by atoms with E-state index in [9.17, 15) is 0 Å². The molecule has 10 heavy (non-hydrogen) atoms. The molecule has 0 atom stereocenters. The molecular formula is C9H19N. The summed E-state index contributed by atoms with van der Waals surface area (Å²) < 4.78 is 0. The van der Waals surface area contributed by atoms with E-state index in [1.165, 1.54) is 32.4 Å². The molecule has 0 spiro atoms. The standard InChI is InChI=1S/C5H11N.C2H6.C2H2/c1-2-4-6-5-3-1;2*1-2/h6H,1-5H2;1-2H3;1-2H. The van der Waals surface area contributed by atoms with Crippen molar-refractivity contribution in [3.8, 4) is 12.8 Å². The third-order valence-corrected chi connectivity index (χ3v) is 1.21. The molecule has 1 N–H and O–H groups in total. The quantitative estimate of drug-likeness (QED) is 0.509. The van der Waals surface area contributed by atoms with E-state index in [1.807, 2.05) is 13.8 Å². The molecule has 1 aliphatic heterocycles. The van der Waals surface area contributed by atoms with Crippen molar-refractivity contribution in [3.63, 3.8) is 0 Å². The second kappa shape index (κ2) is 15.8. The van der Waals surface area contributed by atoms with Crippen molar-refractivity contribution in [1.82, 2.24) is 5.32 Å². The molecule has 0 saturated carbocycles. The number of terminal acetylenes is 1. The van der Waals surface area contributed by atoms with E-state index in [-0.39, 0.29) is 0 Å². The van der Waals surface area contributed by atoms with Crippen LogP contribution in [-0.4, -0.2) is 13.1 Å². The minimum absolute atomic E-state index is 1.25. The van der Waals surface area contributed by atoms with Crippen LogP contribution in [0, 0.1) is 12.8 Å². The lowest BCUT2D eigenvalue weighted by Gasteiger charge is -2.08. The Balaban J connectivity index is 0. The first kappa shape index (κ1) is 12.2. The molecule has 0 amide bonds. The summed E-state index contributed by atoms with van der Waals surface area (Å²) in [5.74, 6) is 0. The molecule has 1 fully saturated rings. The molecule has 0 aromatic carbocycles. The van der Waals surface area contributed by atoms with Gasteiger partial charge in [-0.25, -0.2) is 0 Å². The van der Waals surface area contributed by atoms with E-state index in [2.05, 4.69) is 18.2 Å². The maximum Gasteiger partial charge on any atom is -0.00489 e. The van der Waals surface area contributed by atoms with Crippen molar-refractivity contribution in [2.45, 2.75) is 33.1 Å². The highest BCUT2D eigenvalue weighted by atomic mass is 14.9. The molecule has 0 radical (unpaired) electrons. The maximum atomic E-state index is 4.00. The van der Waals surface area contributed by atoms with E-state index in [0.29, 0.717) is 0 Å². The van der Waals surface area contributed by atoms with Gasteiger partial charge in [0, 0.05) is 0 Å². The van der Waals surface area contributed by atoms with E-state index in [4.69, 9.17) is 0 Å². The lowest BCUT2D eigenvalue weighted by atomic mass is 10.2. The van der Waals surface area contributed by atoms with Gasteiger partial charge in [0.15, 0.2) is 0 Å². The molecule has 0 aliphatic carbocycles. The Kier molecular flexibility index (Phi) is 19.3. The van der Waals surface area contributed by atoms with Crippen LogP contribution in [0.5, 0.6) is 0 Å². The summed E-state index contributed by atoms with van der Waals surface area (Å²) in [5, 5.41) is 3.28. The van der Waals surface area contributed by atoms with Gasteiger partial charge in [-0.15, -0.1) is 12.8 Å². The minimum atomic E-state index is 1.25. The first-order valence-corrected chi connectivity index (χ1v) is 4.04. The number of piperidine rings is 1. The van der Waals surface area contributed by atoms with Crippen LogP contribution in [0.15, 0.2) is 0 Å². The molecule has 1 rings (SSSR count). The Morgan fingerprint density at radius 3 is 1.40 bits per heavy atom. The van der Waals surface area contributed by atoms with Gasteiger partial charge >= 0.3 is 0 Å². The smallest absolute Gasteiger partial charge is 0.00489 e. The Morgan fingerprint density at radius 1 is 0.900 bits per heavy atom. The van der Waals surface area contributed by atoms with Crippen LogP contribution in [0.2, 0.25) is 0 Å². The molecule has 0 bridgehead atoms. The van der Waals surface area contributed by atoms with Gasteiger partial charge < -0.3 is 5.32 Å². The van der Waals surface area contributed by atoms with Gasteiger partial charge in [-0.2, -0.15) is 0 Å². The van der Waals surface area contributed by atoms with Crippen molar-refractivity contribution in [2.24, 2.45) is 0 Å². The van der Waals surface area contributed by atoms with Crippen molar-refractivity contribution in [2.75, 3.05) is 13.1 Å². The van der Waals surface area contributed by atoms with Gasteiger partial charge in [-0.05, 0) is 25.9 Å². The fraction of sp³-hybridized carbons (Fsp3) is 0.778. The summed E-state index contributed by atoms with van der Waals surface area (Å²) in [6.45, 7) is 6.50. The Labute approximate surface area is 65.2 Å². The Hall–Kier alpha value is -0.480. The zero-order chi connectivity index (χ0) is 8.24. The summed E-state index contributed by atoms with van der Waals surface area (Å²) in [6.07, 6.45) is 12.2. The average Bonchev–Trinajstić information content (AvgIpc) is 2.14. The van der Waals surface area contributed by atoms with Crippen molar-refractivity contribution in [1.29, 1.82) is 0 Å². The molecule has 1 heterocycles. The van der Waals surface area contributed by atoms with Gasteiger partial charge in [0.1, 0.15) is 0 Å². The van der Waals surface area contributed by atoms with Gasteiger partial charge in [0.2, 0.25) is 0 Å². The summed E-state index contributed by atoms with van der Waals surface area (Å²) >= 11 is 0. The second-order valence-corrected chi connectivity index (χ2v) is 1.81. The molecule has 1 heteroatoms. The van der Waals surface area contributed by atoms with Crippen LogP contribution in [0.1, 0.15) is 33.1 Å². The van der Waals surface area contributed by atoms with Crippen molar-refractivity contribution in [3.05, 3.63) is 0 Å². The summed E-state index contributed by atoms with van der Waals surface area (Å²) in [7, 11) is 0. The molecule has 60 valence electrons. The molecule has 1 nitrogen and oxygen atoms in total. The van der Waals surface area contributed by atoms with E-state index in [0.717, 1.165) is 0 Å². The van der Waals surface area contributed by atoms with Crippen LogP contribution in [0.3, 0.4) is 0 Å². The average molecular weight is 141 g/mol. The van der Waals surface area contributed by atoms with Crippen LogP contribution in [0.25, 0.3) is 0 Å². The van der Waals surface area contributed by atoms with Gasteiger partial charge in [0.25, 0.3) is 0 Å². The highest BCUT2D eigenvalue weighted by Gasteiger charge is 1.93. The lowest BCUT2D eigenvalue weighted by Crippen LogP contribution is -2.21. The fourth-order valence-electron chi connectivity index (χ4n) is 0.802. The van der Waals surface area contributed by atoms with Crippen LogP contribution in [-0.2, 0) is 0 Å². The first-order chi connectivity index (χ1) is 5.00. The molecule has 0 unspecified atom stereocenters. The summed E-state index contributed by atoms with van der Waals surface area (Å²) in [5.41, 5.74) is 0. The van der Waals surface area contributed by atoms with Crippen LogP contribution >= 0.6 is 0 Å².